The summed E-state index contributed by atoms with van der Waals surface area (Å²) in [5, 5.41) is 0. The predicted octanol–water partition coefficient (Wildman–Crippen LogP) is 1.55. The van der Waals surface area contributed by atoms with Gasteiger partial charge in [0.25, 0.3) is 0 Å². The van der Waals surface area contributed by atoms with Gasteiger partial charge in [-0.3, -0.25) is 0 Å². The van der Waals surface area contributed by atoms with Crippen molar-refractivity contribution in [3.63, 3.8) is 0 Å². The Morgan fingerprint density at radius 2 is 2.31 bits per heavy atom. The van der Waals surface area contributed by atoms with Gasteiger partial charge in [-0.1, -0.05) is 0 Å². The number of aromatic nitrogens is 2. The Balaban J connectivity index is 2.61. The lowest BCUT2D eigenvalue weighted by Crippen LogP contribution is -2.04. The third-order valence-electron chi connectivity index (χ3n) is 1.90. The third-order valence-corrected chi connectivity index (χ3v) is 1.90. The van der Waals surface area contributed by atoms with Crippen LogP contribution in [0.3, 0.4) is 0 Å². The molecule has 2 rings (SSSR count). The Kier molecular flexibility index (Phi) is 1.77. The summed E-state index contributed by atoms with van der Waals surface area (Å²) < 4.78 is 5.24. The van der Waals surface area contributed by atoms with E-state index >= 15 is 0 Å². The van der Waals surface area contributed by atoms with E-state index in [2.05, 4.69) is 9.97 Å². The molecule has 4 nitrogen and oxygen atoms in total. The average Bonchev–Trinajstić information content (AvgIpc) is 2.42. The maximum absolute atomic E-state index is 5.71. The van der Waals surface area contributed by atoms with E-state index in [1.165, 1.54) is 0 Å². The van der Waals surface area contributed by atoms with E-state index in [1.807, 2.05) is 13.0 Å². The summed E-state index contributed by atoms with van der Waals surface area (Å²) in [6.07, 6.45) is 1.72. The molecule has 0 radical (unpaired) electrons. The van der Waals surface area contributed by atoms with Gasteiger partial charge in [0.15, 0.2) is 5.89 Å². The molecule has 0 aromatic carbocycles. The standard InChI is InChI=1S/C9H11N3O/c1-5(10)7-3-8-9(11-4-7)13-6(2)12-8/h3-5H,10H2,1-2H3. The lowest BCUT2D eigenvalue weighted by atomic mass is 10.1. The predicted molar refractivity (Wildman–Crippen MR) is 49.1 cm³/mol. The zero-order valence-electron chi connectivity index (χ0n) is 7.61. The van der Waals surface area contributed by atoms with Gasteiger partial charge in [-0.15, -0.1) is 0 Å². The van der Waals surface area contributed by atoms with Crippen molar-refractivity contribution >= 4 is 11.2 Å². The summed E-state index contributed by atoms with van der Waals surface area (Å²) in [6.45, 7) is 3.71. The fourth-order valence-corrected chi connectivity index (χ4v) is 1.20. The second-order valence-electron chi connectivity index (χ2n) is 3.11. The van der Waals surface area contributed by atoms with E-state index in [9.17, 15) is 0 Å². The zero-order valence-corrected chi connectivity index (χ0v) is 7.61. The third kappa shape index (κ3) is 1.40. The fourth-order valence-electron chi connectivity index (χ4n) is 1.20. The zero-order chi connectivity index (χ0) is 9.42. The van der Waals surface area contributed by atoms with Crippen LogP contribution in [-0.4, -0.2) is 9.97 Å². The van der Waals surface area contributed by atoms with Crippen molar-refractivity contribution in [1.29, 1.82) is 0 Å². The number of hydrogen-bond acceptors (Lipinski definition) is 4. The first-order valence-electron chi connectivity index (χ1n) is 4.15. The second-order valence-corrected chi connectivity index (χ2v) is 3.11. The number of aryl methyl sites for hydroxylation is 1. The van der Waals surface area contributed by atoms with E-state index < -0.39 is 0 Å². The molecular formula is C9H11N3O. The largest absolute Gasteiger partial charge is 0.423 e. The van der Waals surface area contributed by atoms with Crippen LogP contribution in [0.2, 0.25) is 0 Å². The molecule has 0 fully saturated rings. The highest BCUT2D eigenvalue weighted by molar-refractivity contribution is 5.68. The van der Waals surface area contributed by atoms with Gasteiger partial charge in [0.2, 0.25) is 5.71 Å². The van der Waals surface area contributed by atoms with Crippen molar-refractivity contribution in [3.8, 4) is 0 Å². The summed E-state index contributed by atoms with van der Waals surface area (Å²) in [5.41, 5.74) is 8.03. The molecule has 0 saturated heterocycles. The highest BCUT2D eigenvalue weighted by Gasteiger charge is 2.06. The maximum atomic E-state index is 5.71. The summed E-state index contributed by atoms with van der Waals surface area (Å²) in [4.78, 5) is 8.29. The Labute approximate surface area is 75.8 Å². The lowest BCUT2D eigenvalue weighted by Gasteiger charge is -2.02. The molecular weight excluding hydrogens is 166 g/mol. The van der Waals surface area contributed by atoms with Gasteiger partial charge in [-0.05, 0) is 18.6 Å². The van der Waals surface area contributed by atoms with Gasteiger partial charge in [0.05, 0.1) is 0 Å². The van der Waals surface area contributed by atoms with Crippen LogP contribution < -0.4 is 5.73 Å². The minimum Gasteiger partial charge on any atom is -0.423 e. The van der Waals surface area contributed by atoms with Crippen LogP contribution in [0.4, 0.5) is 0 Å². The Bertz CT molecular complexity index is 433. The normalized spacial score (nSPS) is 13.5. The van der Waals surface area contributed by atoms with Crippen molar-refractivity contribution in [2.45, 2.75) is 19.9 Å². The lowest BCUT2D eigenvalue weighted by molar-refractivity contribution is 0.551. The number of rotatable bonds is 1. The topological polar surface area (TPSA) is 64.9 Å². The molecule has 0 aliphatic heterocycles. The summed E-state index contributed by atoms with van der Waals surface area (Å²) >= 11 is 0. The maximum Gasteiger partial charge on any atom is 0.246 e. The molecule has 1 unspecified atom stereocenters. The summed E-state index contributed by atoms with van der Waals surface area (Å²) in [6, 6.07) is 1.89. The number of pyridine rings is 1. The van der Waals surface area contributed by atoms with E-state index in [4.69, 9.17) is 10.2 Å². The number of nitrogens with two attached hydrogens (primary N) is 1. The molecule has 0 saturated carbocycles. The van der Waals surface area contributed by atoms with E-state index in [0.717, 1.165) is 11.1 Å². The van der Waals surface area contributed by atoms with Crippen LogP contribution in [-0.2, 0) is 0 Å². The van der Waals surface area contributed by atoms with Gasteiger partial charge in [0, 0.05) is 19.2 Å². The van der Waals surface area contributed by atoms with Crippen molar-refractivity contribution in [3.05, 3.63) is 23.7 Å². The van der Waals surface area contributed by atoms with E-state index in [0.29, 0.717) is 11.6 Å². The molecule has 0 amide bonds. The molecule has 1 atom stereocenters. The molecule has 0 bridgehead atoms. The molecule has 0 aliphatic carbocycles. The van der Waals surface area contributed by atoms with Crippen molar-refractivity contribution in [2.24, 2.45) is 5.73 Å². The van der Waals surface area contributed by atoms with Crippen molar-refractivity contribution in [2.75, 3.05) is 0 Å². The van der Waals surface area contributed by atoms with E-state index in [-0.39, 0.29) is 6.04 Å². The van der Waals surface area contributed by atoms with Crippen LogP contribution in [0, 0.1) is 6.92 Å². The first kappa shape index (κ1) is 8.19. The molecule has 13 heavy (non-hydrogen) atoms. The smallest absolute Gasteiger partial charge is 0.246 e. The molecule has 2 aromatic heterocycles. The Hall–Kier alpha value is -1.42. The van der Waals surface area contributed by atoms with Crippen LogP contribution in [0.5, 0.6) is 0 Å². The molecule has 2 N–H and O–H groups in total. The number of fused-ring (bicyclic) bond motifs is 1. The summed E-state index contributed by atoms with van der Waals surface area (Å²) in [7, 11) is 0. The van der Waals surface area contributed by atoms with Crippen LogP contribution >= 0.6 is 0 Å². The fraction of sp³-hybridized carbons (Fsp3) is 0.333. The monoisotopic (exact) mass is 177 g/mol. The quantitative estimate of drug-likeness (QED) is 0.717. The Morgan fingerprint density at radius 1 is 1.54 bits per heavy atom. The highest BCUT2D eigenvalue weighted by Crippen LogP contribution is 2.16. The molecule has 2 heterocycles. The molecule has 2 aromatic rings. The first-order valence-corrected chi connectivity index (χ1v) is 4.15. The molecule has 0 spiro atoms. The molecule has 68 valence electrons. The average molecular weight is 177 g/mol. The highest BCUT2D eigenvalue weighted by atomic mass is 16.4. The molecule has 4 heteroatoms. The van der Waals surface area contributed by atoms with Gasteiger partial charge in [0.1, 0.15) is 5.52 Å². The van der Waals surface area contributed by atoms with Crippen LogP contribution in [0.1, 0.15) is 24.4 Å². The number of nitrogens with zero attached hydrogens (tertiary/aromatic N) is 2. The van der Waals surface area contributed by atoms with E-state index in [1.54, 1.807) is 13.1 Å². The Morgan fingerprint density at radius 3 is 3.00 bits per heavy atom. The summed E-state index contributed by atoms with van der Waals surface area (Å²) in [5.74, 6) is 0.629. The SMILES string of the molecule is Cc1nc2cc(C(C)N)cnc2o1. The minimum absolute atomic E-state index is 0.0195. The number of hydrogen-bond donors (Lipinski definition) is 1. The van der Waals surface area contributed by atoms with Gasteiger partial charge >= 0.3 is 0 Å². The first-order chi connectivity index (χ1) is 6.16. The number of oxazole rings is 1. The molecule has 0 aliphatic rings. The van der Waals surface area contributed by atoms with Gasteiger partial charge < -0.3 is 10.2 Å². The van der Waals surface area contributed by atoms with Crippen LogP contribution in [0.25, 0.3) is 11.2 Å². The second kappa shape index (κ2) is 2.81. The van der Waals surface area contributed by atoms with Crippen LogP contribution in [0.15, 0.2) is 16.7 Å². The van der Waals surface area contributed by atoms with Crippen molar-refractivity contribution in [1.82, 2.24) is 9.97 Å². The van der Waals surface area contributed by atoms with Gasteiger partial charge in [-0.25, -0.2) is 9.97 Å². The van der Waals surface area contributed by atoms with Gasteiger partial charge in [-0.2, -0.15) is 0 Å². The van der Waals surface area contributed by atoms with Crippen molar-refractivity contribution < 1.29 is 4.42 Å². The minimum atomic E-state index is -0.0195.